The number of hydrogen-bond donors (Lipinski definition) is 1. The molecule has 3 rings (SSSR count). The molecular formula is C19H20ClNO4. The minimum Gasteiger partial charge on any atom is -0.492 e. The normalized spacial score (nSPS) is 12.8. The van der Waals surface area contributed by atoms with Gasteiger partial charge in [-0.2, -0.15) is 0 Å². The first-order valence-corrected chi connectivity index (χ1v) is 8.41. The first kappa shape index (κ1) is 17.4. The van der Waals surface area contributed by atoms with Crippen LogP contribution < -0.4 is 19.5 Å². The first-order valence-electron chi connectivity index (χ1n) is 8.03. The number of carbonyl (C=O) groups is 1. The minimum absolute atomic E-state index is 0.0656. The monoisotopic (exact) mass is 361 g/mol. The van der Waals surface area contributed by atoms with E-state index in [1.54, 1.807) is 24.3 Å². The van der Waals surface area contributed by atoms with Crippen molar-refractivity contribution < 1.29 is 19.0 Å². The SMILES string of the molecule is CC(C)(C(=O)NCCOc1ccc2c(c1)OCO2)c1ccc(Cl)cc1. The van der Waals surface area contributed by atoms with E-state index in [2.05, 4.69) is 5.32 Å². The van der Waals surface area contributed by atoms with Gasteiger partial charge in [0.2, 0.25) is 12.7 Å². The smallest absolute Gasteiger partial charge is 0.231 e. The average Bonchev–Trinajstić information content (AvgIpc) is 3.06. The molecule has 1 heterocycles. The Bertz CT molecular complexity index is 759. The lowest BCUT2D eigenvalue weighted by atomic mass is 9.84. The van der Waals surface area contributed by atoms with Crippen LogP contribution in [0, 0.1) is 0 Å². The summed E-state index contributed by atoms with van der Waals surface area (Å²) in [6, 6.07) is 12.7. The predicted octanol–water partition coefficient (Wildman–Crippen LogP) is 3.54. The molecule has 0 radical (unpaired) electrons. The molecular weight excluding hydrogens is 342 g/mol. The summed E-state index contributed by atoms with van der Waals surface area (Å²) in [6.07, 6.45) is 0. The summed E-state index contributed by atoms with van der Waals surface area (Å²) in [5.41, 5.74) is 0.259. The van der Waals surface area contributed by atoms with Gasteiger partial charge in [-0.3, -0.25) is 4.79 Å². The van der Waals surface area contributed by atoms with Gasteiger partial charge >= 0.3 is 0 Å². The highest BCUT2D eigenvalue weighted by atomic mass is 35.5. The Hall–Kier alpha value is -2.40. The largest absolute Gasteiger partial charge is 0.492 e. The van der Waals surface area contributed by atoms with Crippen LogP contribution in [0.4, 0.5) is 0 Å². The topological polar surface area (TPSA) is 56.8 Å². The molecule has 2 aromatic rings. The van der Waals surface area contributed by atoms with Gasteiger partial charge < -0.3 is 19.5 Å². The maximum atomic E-state index is 12.5. The van der Waals surface area contributed by atoms with Crippen LogP contribution in [0.2, 0.25) is 5.02 Å². The van der Waals surface area contributed by atoms with E-state index < -0.39 is 5.41 Å². The maximum absolute atomic E-state index is 12.5. The zero-order chi connectivity index (χ0) is 17.9. The number of hydrogen-bond acceptors (Lipinski definition) is 4. The molecule has 132 valence electrons. The number of nitrogens with one attached hydrogen (secondary N) is 1. The second-order valence-corrected chi connectivity index (χ2v) is 6.69. The lowest BCUT2D eigenvalue weighted by Crippen LogP contribution is -2.41. The molecule has 0 spiro atoms. The lowest BCUT2D eigenvalue weighted by Gasteiger charge is -2.24. The molecule has 2 aromatic carbocycles. The third kappa shape index (κ3) is 3.99. The van der Waals surface area contributed by atoms with Crippen LogP contribution in [0.3, 0.4) is 0 Å². The Morgan fingerprint density at radius 2 is 1.88 bits per heavy atom. The number of benzene rings is 2. The lowest BCUT2D eigenvalue weighted by molar-refractivity contribution is -0.125. The van der Waals surface area contributed by atoms with Crippen molar-refractivity contribution >= 4 is 17.5 Å². The van der Waals surface area contributed by atoms with E-state index in [-0.39, 0.29) is 12.7 Å². The molecule has 1 aliphatic heterocycles. The summed E-state index contributed by atoms with van der Waals surface area (Å²) in [5, 5.41) is 3.56. The minimum atomic E-state index is -0.649. The van der Waals surface area contributed by atoms with Gasteiger partial charge in [0.15, 0.2) is 11.5 Å². The van der Waals surface area contributed by atoms with Crippen molar-refractivity contribution in [2.45, 2.75) is 19.3 Å². The Kier molecular flexibility index (Phi) is 5.04. The predicted molar refractivity (Wildman–Crippen MR) is 95.5 cm³/mol. The molecule has 0 fully saturated rings. The van der Waals surface area contributed by atoms with Crippen molar-refractivity contribution in [2.24, 2.45) is 0 Å². The van der Waals surface area contributed by atoms with Gasteiger partial charge in [-0.15, -0.1) is 0 Å². The highest BCUT2D eigenvalue weighted by Gasteiger charge is 2.29. The molecule has 0 saturated carbocycles. The van der Waals surface area contributed by atoms with Gasteiger partial charge in [0.05, 0.1) is 12.0 Å². The van der Waals surface area contributed by atoms with Gasteiger partial charge in [-0.25, -0.2) is 0 Å². The summed E-state index contributed by atoms with van der Waals surface area (Å²) in [7, 11) is 0. The van der Waals surface area contributed by atoms with Crippen LogP contribution in [0.5, 0.6) is 17.2 Å². The van der Waals surface area contributed by atoms with Crippen molar-refractivity contribution in [3.8, 4) is 17.2 Å². The highest BCUT2D eigenvalue weighted by molar-refractivity contribution is 6.30. The fourth-order valence-electron chi connectivity index (χ4n) is 2.52. The van der Waals surface area contributed by atoms with Gasteiger partial charge in [0.25, 0.3) is 0 Å². The van der Waals surface area contributed by atoms with E-state index in [0.717, 1.165) is 5.56 Å². The molecule has 0 unspecified atom stereocenters. The van der Waals surface area contributed by atoms with Crippen LogP contribution in [0.25, 0.3) is 0 Å². The molecule has 0 bridgehead atoms. The summed E-state index contributed by atoms with van der Waals surface area (Å²) >= 11 is 5.90. The summed E-state index contributed by atoms with van der Waals surface area (Å²) in [4.78, 5) is 12.5. The van der Waals surface area contributed by atoms with Gasteiger partial charge in [0.1, 0.15) is 12.4 Å². The summed E-state index contributed by atoms with van der Waals surface area (Å²) in [5.74, 6) is 2.00. The van der Waals surface area contributed by atoms with Gasteiger partial charge in [-0.1, -0.05) is 23.7 Å². The van der Waals surface area contributed by atoms with E-state index in [4.69, 9.17) is 25.8 Å². The number of fused-ring (bicyclic) bond motifs is 1. The highest BCUT2D eigenvalue weighted by Crippen LogP contribution is 2.35. The van der Waals surface area contributed by atoms with E-state index in [9.17, 15) is 4.79 Å². The van der Waals surface area contributed by atoms with Crippen LogP contribution in [-0.4, -0.2) is 25.9 Å². The third-order valence-electron chi connectivity index (χ3n) is 4.13. The molecule has 1 aliphatic rings. The van der Waals surface area contributed by atoms with E-state index >= 15 is 0 Å². The quantitative estimate of drug-likeness (QED) is 0.799. The summed E-state index contributed by atoms with van der Waals surface area (Å²) in [6.45, 7) is 4.76. The van der Waals surface area contributed by atoms with Crippen molar-refractivity contribution in [3.05, 3.63) is 53.1 Å². The molecule has 0 aliphatic carbocycles. The Morgan fingerprint density at radius 1 is 1.16 bits per heavy atom. The maximum Gasteiger partial charge on any atom is 0.231 e. The molecule has 1 N–H and O–H groups in total. The molecule has 0 aromatic heterocycles. The van der Waals surface area contributed by atoms with Crippen molar-refractivity contribution in [3.63, 3.8) is 0 Å². The molecule has 25 heavy (non-hydrogen) atoms. The van der Waals surface area contributed by atoms with E-state index in [1.165, 1.54) is 0 Å². The van der Waals surface area contributed by atoms with Crippen molar-refractivity contribution in [1.29, 1.82) is 0 Å². The number of ether oxygens (including phenoxy) is 3. The standard InChI is InChI=1S/C19H20ClNO4/c1-19(2,13-3-5-14(20)6-4-13)18(22)21-9-10-23-15-7-8-16-17(11-15)25-12-24-16/h3-8,11H,9-10,12H2,1-2H3,(H,21,22). The van der Waals surface area contributed by atoms with Crippen LogP contribution >= 0.6 is 11.6 Å². The fourth-order valence-corrected chi connectivity index (χ4v) is 2.64. The second-order valence-electron chi connectivity index (χ2n) is 6.25. The number of amides is 1. The third-order valence-corrected chi connectivity index (χ3v) is 4.39. The van der Waals surface area contributed by atoms with Crippen LogP contribution in [0.15, 0.2) is 42.5 Å². The van der Waals surface area contributed by atoms with Crippen LogP contribution in [0.1, 0.15) is 19.4 Å². The number of rotatable bonds is 6. The van der Waals surface area contributed by atoms with Gasteiger partial charge in [0, 0.05) is 11.1 Å². The zero-order valence-electron chi connectivity index (χ0n) is 14.2. The molecule has 5 nitrogen and oxygen atoms in total. The Labute approximate surface area is 151 Å². The number of carbonyl (C=O) groups excluding carboxylic acids is 1. The first-order chi connectivity index (χ1) is 12.0. The zero-order valence-corrected chi connectivity index (χ0v) is 14.9. The van der Waals surface area contributed by atoms with Crippen LogP contribution in [-0.2, 0) is 10.2 Å². The summed E-state index contributed by atoms with van der Waals surface area (Å²) < 4.78 is 16.2. The van der Waals surface area contributed by atoms with Gasteiger partial charge in [-0.05, 0) is 43.7 Å². The molecule has 0 saturated heterocycles. The van der Waals surface area contributed by atoms with Crippen molar-refractivity contribution in [1.82, 2.24) is 5.32 Å². The molecule has 6 heteroatoms. The average molecular weight is 362 g/mol. The Balaban J connectivity index is 1.49. The molecule has 0 atom stereocenters. The van der Waals surface area contributed by atoms with E-state index in [1.807, 2.05) is 32.0 Å². The fraction of sp³-hybridized carbons (Fsp3) is 0.316. The Morgan fingerprint density at radius 3 is 2.64 bits per heavy atom. The second kappa shape index (κ2) is 7.23. The van der Waals surface area contributed by atoms with Crippen molar-refractivity contribution in [2.75, 3.05) is 19.9 Å². The number of halogens is 1. The molecule has 1 amide bonds. The van der Waals surface area contributed by atoms with E-state index in [0.29, 0.717) is 35.4 Å².